The van der Waals surface area contributed by atoms with Crippen molar-refractivity contribution in [2.45, 2.75) is 103 Å². The third kappa shape index (κ3) is 7.04. The maximum Gasteiger partial charge on any atom is 0.410 e. The summed E-state index contributed by atoms with van der Waals surface area (Å²) in [6.45, 7) is 13.8. The molecule has 2 bridgehead atoms. The fourth-order valence-corrected chi connectivity index (χ4v) is 7.16. The summed E-state index contributed by atoms with van der Waals surface area (Å²) in [5.41, 5.74) is 3.83. The SMILES string of the molecule is Cn1cc(-c2ccc(-c3ccc(NC4CC5CCC(C4)N5C(=O)OC(C)(C)C)nn3)c3c2cnn3COCC[Si](C)(C)C)nn1. The van der Waals surface area contributed by atoms with Crippen LogP contribution in [-0.4, -0.2) is 84.4 Å². The van der Waals surface area contributed by atoms with E-state index < -0.39 is 13.7 Å². The molecule has 2 atom stereocenters. The van der Waals surface area contributed by atoms with E-state index in [1.54, 1.807) is 4.68 Å². The summed E-state index contributed by atoms with van der Waals surface area (Å²) < 4.78 is 15.4. The average Bonchev–Trinajstić information content (AvgIpc) is 3.66. The number of rotatable bonds is 9. The number of nitrogens with zero attached hydrogens (tertiary/aromatic N) is 8. The largest absolute Gasteiger partial charge is 0.444 e. The molecule has 1 N–H and O–H groups in total. The average molecular weight is 632 g/mol. The van der Waals surface area contributed by atoms with Crippen molar-refractivity contribution in [1.82, 2.24) is 39.9 Å². The van der Waals surface area contributed by atoms with Crippen molar-refractivity contribution in [2.75, 3.05) is 11.9 Å². The van der Waals surface area contributed by atoms with Gasteiger partial charge in [0, 0.05) is 56.4 Å². The molecule has 45 heavy (non-hydrogen) atoms. The lowest BCUT2D eigenvalue weighted by Crippen LogP contribution is -2.51. The summed E-state index contributed by atoms with van der Waals surface area (Å²) in [4.78, 5) is 14.8. The molecule has 5 heterocycles. The minimum Gasteiger partial charge on any atom is -0.444 e. The van der Waals surface area contributed by atoms with E-state index in [1.165, 1.54) is 0 Å². The van der Waals surface area contributed by atoms with E-state index in [0.29, 0.717) is 13.3 Å². The van der Waals surface area contributed by atoms with Gasteiger partial charge in [0.2, 0.25) is 0 Å². The Labute approximate surface area is 265 Å². The van der Waals surface area contributed by atoms with Crippen LogP contribution in [0.25, 0.3) is 33.4 Å². The second kappa shape index (κ2) is 12.2. The lowest BCUT2D eigenvalue weighted by atomic mass is 9.97. The molecule has 1 amide bonds. The standard InChI is InChI=1S/C32H45N9O3Si/c1-32(2,3)44-31(42)41-22-8-9-23(41)17-21(16-22)34-29-13-12-27(35-37-29)25-11-10-24(28-19-39(4)38-36-28)26-18-33-40(30(25)26)20-43-14-15-45(5,6)7/h10-13,18-19,21-23H,8-9,14-17,20H2,1-7H3,(H,34,37). The summed E-state index contributed by atoms with van der Waals surface area (Å²) in [6.07, 6.45) is 7.30. The summed E-state index contributed by atoms with van der Waals surface area (Å²) in [7, 11) is 0.649. The van der Waals surface area contributed by atoms with Gasteiger partial charge in [-0.25, -0.2) is 9.48 Å². The van der Waals surface area contributed by atoms with E-state index in [4.69, 9.17) is 14.6 Å². The lowest BCUT2D eigenvalue weighted by molar-refractivity contribution is 0.00682. The van der Waals surface area contributed by atoms with Crippen molar-refractivity contribution in [3.05, 3.63) is 36.7 Å². The maximum atomic E-state index is 12.9. The van der Waals surface area contributed by atoms with E-state index in [9.17, 15) is 4.79 Å². The number of ether oxygens (including phenoxy) is 2. The molecule has 0 saturated carbocycles. The molecule has 4 aromatic rings. The first-order valence-corrected chi connectivity index (χ1v) is 19.6. The van der Waals surface area contributed by atoms with E-state index in [-0.39, 0.29) is 24.2 Å². The molecule has 3 aromatic heterocycles. The molecule has 12 nitrogen and oxygen atoms in total. The van der Waals surface area contributed by atoms with Crippen molar-refractivity contribution >= 4 is 30.9 Å². The molecule has 6 rings (SSSR count). The molecule has 1 aromatic carbocycles. The first-order valence-electron chi connectivity index (χ1n) is 15.9. The van der Waals surface area contributed by atoms with E-state index in [1.807, 2.05) is 74.1 Å². The molecule has 0 radical (unpaired) electrons. The van der Waals surface area contributed by atoms with Crippen LogP contribution in [0.1, 0.15) is 46.5 Å². The van der Waals surface area contributed by atoms with E-state index in [2.05, 4.69) is 45.5 Å². The zero-order valence-electron chi connectivity index (χ0n) is 27.4. The Kier molecular flexibility index (Phi) is 8.42. The van der Waals surface area contributed by atoms with Crippen molar-refractivity contribution < 1.29 is 14.3 Å². The minimum absolute atomic E-state index is 0.178. The number of amides is 1. The van der Waals surface area contributed by atoms with Gasteiger partial charge in [-0.2, -0.15) is 5.10 Å². The molecule has 2 fully saturated rings. The van der Waals surface area contributed by atoms with Gasteiger partial charge in [0.25, 0.3) is 0 Å². The van der Waals surface area contributed by atoms with Gasteiger partial charge >= 0.3 is 6.09 Å². The second-order valence-corrected chi connectivity index (χ2v) is 20.2. The number of hydrogen-bond donors (Lipinski definition) is 1. The highest BCUT2D eigenvalue weighted by Gasteiger charge is 2.45. The van der Waals surface area contributed by atoms with Crippen LogP contribution in [0.5, 0.6) is 0 Å². The zero-order valence-corrected chi connectivity index (χ0v) is 28.4. The summed E-state index contributed by atoms with van der Waals surface area (Å²) in [5.74, 6) is 0.726. The molecule has 2 unspecified atom stereocenters. The molecule has 0 spiro atoms. The number of anilines is 1. The number of aryl methyl sites for hydroxylation is 1. The van der Waals surface area contributed by atoms with Gasteiger partial charge < -0.3 is 19.7 Å². The van der Waals surface area contributed by atoms with Gasteiger partial charge in [-0.1, -0.05) is 30.9 Å². The van der Waals surface area contributed by atoms with Crippen LogP contribution in [0.2, 0.25) is 25.7 Å². The van der Waals surface area contributed by atoms with Crippen LogP contribution in [0.3, 0.4) is 0 Å². The molecule has 2 aliphatic heterocycles. The van der Waals surface area contributed by atoms with Gasteiger partial charge in [0.1, 0.15) is 23.8 Å². The number of carbonyl (C=O) groups is 1. The van der Waals surface area contributed by atoms with Crippen molar-refractivity contribution in [3.63, 3.8) is 0 Å². The second-order valence-electron chi connectivity index (χ2n) is 14.6. The Morgan fingerprint density at radius 1 is 1.00 bits per heavy atom. The molecule has 0 aliphatic carbocycles. The fraction of sp³-hybridized carbons (Fsp3) is 0.562. The first kappa shape index (κ1) is 31.2. The van der Waals surface area contributed by atoms with Crippen LogP contribution in [-0.2, 0) is 23.3 Å². The van der Waals surface area contributed by atoms with Crippen LogP contribution in [0.15, 0.2) is 36.7 Å². The zero-order chi connectivity index (χ0) is 31.9. The maximum absolute atomic E-state index is 12.9. The molecule has 2 aliphatic rings. The summed E-state index contributed by atoms with van der Waals surface area (Å²) >= 11 is 0. The fourth-order valence-electron chi connectivity index (χ4n) is 6.40. The number of benzene rings is 1. The molecule has 13 heteroatoms. The van der Waals surface area contributed by atoms with E-state index in [0.717, 1.165) is 71.0 Å². The monoisotopic (exact) mass is 631 g/mol. The van der Waals surface area contributed by atoms with Crippen molar-refractivity contribution in [2.24, 2.45) is 7.05 Å². The topological polar surface area (TPSA) is 125 Å². The number of carbonyl (C=O) groups excluding carboxylic acids is 1. The Bertz CT molecular complexity index is 1640. The highest BCUT2D eigenvalue weighted by molar-refractivity contribution is 6.76. The Morgan fingerprint density at radius 2 is 1.73 bits per heavy atom. The number of hydrogen-bond acceptors (Lipinski definition) is 9. The molecular weight excluding hydrogens is 586 g/mol. The van der Waals surface area contributed by atoms with Crippen LogP contribution in [0.4, 0.5) is 10.6 Å². The van der Waals surface area contributed by atoms with Gasteiger partial charge in [-0.15, -0.1) is 15.3 Å². The Balaban J connectivity index is 1.20. The van der Waals surface area contributed by atoms with Gasteiger partial charge in [-0.3, -0.25) is 4.68 Å². The third-order valence-electron chi connectivity index (χ3n) is 8.52. The lowest BCUT2D eigenvalue weighted by Gasteiger charge is -2.39. The van der Waals surface area contributed by atoms with Gasteiger partial charge in [0.05, 0.1) is 23.6 Å². The van der Waals surface area contributed by atoms with Crippen molar-refractivity contribution in [1.29, 1.82) is 0 Å². The van der Waals surface area contributed by atoms with Crippen LogP contribution >= 0.6 is 0 Å². The van der Waals surface area contributed by atoms with Gasteiger partial charge in [0.15, 0.2) is 0 Å². The molecule has 2 saturated heterocycles. The minimum atomic E-state index is -1.21. The molecular formula is C32H45N9O3Si. The predicted octanol–water partition coefficient (Wildman–Crippen LogP) is 5.94. The Hall–Kier alpha value is -3.84. The predicted molar refractivity (Wildman–Crippen MR) is 176 cm³/mol. The quantitative estimate of drug-likeness (QED) is 0.176. The number of nitrogens with one attached hydrogen (secondary N) is 1. The highest BCUT2D eigenvalue weighted by atomic mass is 28.3. The van der Waals surface area contributed by atoms with Gasteiger partial charge in [-0.05, 0) is 70.7 Å². The van der Waals surface area contributed by atoms with E-state index >= 15 is 0 Å². The van der Waals surface area contributed by atoms with Crippen LogP contribution in [0, 0.1) is 0 Å². The normalized spacial score (nSPS) is 20.2. The third-order valence-corrected chi connectivity index (χ3v) is 10.2. The molecule has 240 valence electrons. The smallest absolute Gasteiger partial charge is 0.410 e. The summed E-state index contributed by atoms with van der Waals surface area (Å²) in [6, 6.07) is 9.74. The highest BCUT2D eigenvalue weighted by Crippen LogP contribution is 2.38. The number of fused-ring (bicyclic) bond motifs is 3. The number of piperidine rings is 1. The van der Waals surface area contributed by atoms with Crippen molar-refractivity contribution in [3.8, 4) is 22.5 Å². The summed E-state index contributed by atoms with van der Waals surface area (Å²) in [5, 5.41) is 27.0. The Morgan fingerprint density at radius 3 is 2.36 bits per heavy atom. The first-order chi connectivity index (χ1) is 21.3. The van der Waals surface area contributed by atoms with Crippen LogP contribution < -0.4 is 5.32 Å². The number of aromatic nitrogens is 7.